The van der Waals surface area contributed by atoms with Crippen LogP contribution < -0.4 is 5.32 Å². The summed E-state index contributed by atoms with van der Waals surface area (Å²) >= 11 is 0. The van der Waals surface area contributed by atoms with Gasteiger partial charge in [-0.05, 0) is 17.7 Å². The first-order valence-electron chi connectivity index (χ1n) is 5.13. The van der Waals surface area contributed by atoms with Gasteiger partial charge in [0.2, 0.25) is 0 Å². The van der Waals surface area contributed by atoms with E-state index in [0.29, 0.717) is 6.54 Å². The molecule has 1 N–H and O–H groups in total. The molecular weight excluding hydrogens is 218 g/mol. The predicted octanol–water partition coefficient (Wildman–Crippen LogP) is 2.60. The highest BCUT2D eigenvalue weighted by Crippen LogP contribution is 2.13. The molecule has 2 rings (SSSR count). The van der Waals surface area contributed by atoms with Crippen LogP contribution in [-0.4, -0.2) is 9.91 Å². The molecule has 0 amide bonds. The topological polar surface area (TPSA) is 68.1 Å². The van der Waals surface area contributed by atoms with Crippen molar-refractivity contribution < 1.29 is 4.92 Å². The van der Waals surface area contributed by atoms with Gasteiger partial charge in [-0.15, -0.1) is 0 Å². The fourth-order valence-corrected chi connectivity index (χ4v) is 1.41. The molecule has 5 heteroatoms. The predicted molar refractivity (Wildman–Crippen MR) is 64.7 cm³/mol. The molecule has 0 atom stereocenters. The number of nitro benzene ring substituents is 1. The molecule has 0 aliphatic carbocycles. The van der Waals surface area contributed by atoms with E-state index >= 15 is 0 Å². The van der Waals surface area contributed by atoms with Crippen LogP contribution in [-0.2, 0) is 6.54 Å². The zero-order chi connectivity index (χ0) is 12.1. The van der Waals surface area contributed by atoms with Gasteiger partial charge in [0.25, 0.3) is 5.69 Å². The smallest absolute Gasteiger partial charge is 0.269 e. The number of nitro groups is 1. The van der Waals surface area contributed by atoms with Crippen LogP contribution >= 0.6 is 0 Å². The molecule has 86 valence electrons. The Morgan fingerprint density at radius 3 is 2.35 bits per heavy atom. The highest BCUT2D eigenvalue weighted by Gasteiger charge is 2.03. The van der Waals surface area contributed by atoms with E-state index in [-0.39, 0.29) is 5.69 Å². The summed E-state index contributed by atoms with van der Waals surface area (Å²) in [5.41, 5.74) is 2.07. The normalized spacial score (nSPS) is 9.88. The van der Waals surface area contributed by atoms with Crippen molar-refractivity contribution in [2.75, 3.05) is 5.32 Å². The Morgan fingerprint density at radius 2 is 1.76 bits per heavy atom. The van der Waals surface area contributed by atoms with Crippen LogP contribution in [0.15, 0.2) is 48.8 Å². The molecule has 1 aromatic carbocycles. The average Bonchev–Trinajstić information content (AvgIpc) is 2.38. The summed E-state index contributed by atoms with van der Waals surface area (Å²) in [6, 6.07) is 10.2. The Hall–Kier alpha value is -2.43. The van der Waals surface area contributed by atoms with Gasteiger partial charge < -0.3 is 5.32 Å². The van der Waals surface area contributed by atoms with E-state index in [2.05, 4.69) is 10.3 Å². The number of nitrogens with one attached hydrogen (secondary N) is 1. The second-order valence-corrected chi connectivity index (χ2v) is 3.51. The minimum Gasteiger partial charge on any atom is -0.381 e. The van der Waals surface area contributed by atoms with Crippen molar-refractivity contribution in [2.45, 2.75) is 6.54 Å². The van der Waals surface area contributed by atoms with Gasteiger partial charge in [-0.1, -0.05) is 12.1 Å². The maximum Gasteiger partial charge on any atom is 0.269 e. The number of aromatic nitrogens is 1. The number of non-ortho nitro benzene ring substituents is 1. The molecule has 2 aromatic rings. The largest absolute Gasteiger partial charge is 0.381 e. The number of pyridine rings is 1. The van der Waals surface area contributed by atoms with E-state index < -0.39 is 4.92 Å². The number of rotatable bonds is 4. The summed E-state index contributed by atoms with van der Waals surface area (Å²) < 4.78 is 0. The molecule has 0 unspecified atom stereocenters. The monoisotopic (exact) mass is 229 g/mol. The Kier molecular flexibility index (Phi) is 3.30. The number of hydrogen-bond donors (Lipinski definition) is 1. The number of benzene rings is 1. The molecule has 0 saturated heterocycles. The highest BCUT2D eigenvalue weighted by molar-refractivity contribution is 5.42. The van der Waals surface area contributed by atoms with Crippen molar-refractivity contribution in [1.82, 2.24) is 4.98 Å². The van der Waals surface area contributed by atoms with Crippen molar-refractivity contribution in [1.29, 1.82) is 0 Å². The highest BCUT2D eigenvalue weighted by atomic mass is 16.6. The molecular formula is C12H11N3O2. The van der Waals surface area contributed by atoms with Crippen LogP contribution in [0.3, 0.4) is 0 Å². The van der Waals surface area contributed by atoms with Crippen LogP contribution in [0.5, 0.6) is 0 Å². The quantitative estimate of drug-likeness (QED) is 0.646. The molecule has 1 aromatic heterocycles. The molecule has 0 radical (unpaired) electrons. The summed E-state index contributed by atoms with van der Waals surface area (Å²) in [6.07, 6.45) is 3.41. The molecule has 0 spiro atoms. The zero-order valence-corrected chi connectivity index (χ0v) is 9.04. The maximum absolute atomic E-state index is 10.5. The van der Waals surface area contributed by atoms with Crippen LogP contribution in [0.25, 0.3) is 0 Å². The number of anilines is 1. The van der Waals surface area contributed by atoms with Gasteiger partial charge in [-0.25, -0.2) is 0 Å². The lowest BCUT2D eigenvalue weighted by Gasteiger charge is -2.05. The van der Waals surface area contributed by atoms with Gasteiger partial charge in [0, 0.05) is 36.8 Å². The fraction of sp³-hybridized carbons (Fsp3) is 0.0833. The molecule has 0 fully saturated rings. The second kappa shape index (κ2) is 5.07. The van der Waals surface area contributed by atoms with E-state index in [4.69, 9.17) is 0 Å². The Bertz CT molecular complexity index is 497. The molecule has 5 nitrogen and oxygen atoms in total. The Labute approximate surface area is 98.3 Å². The lowest BCUT2D eigenvalue weighted by molar-refractivity contribution is -0.384. The summed E-state index contributed by atoms with van der Waals surface area (Å²) in [6.45, 7) is 0.627. The van der Waals surface area contributed by atoms with E-state index in [1.54, 1.807) is 24.5 Å². The SMILES string of the molecule is O=[N+]([O-])c1ccc(CNc2ccncc2)cc1. The third kappa shape index (κ3) is 3.01. The van der Waals surface area contributed by atoms with E-state index in [1.807, 2.05) is 12.1 Å². The van der Waals surface area contributed by atoms with Crippen molar-refractivity contribution in [2.24, 2.45) is 0 Å². The van der Waals surface area contributed by atoms with Crippen LogP contribution in [0.1, 0.15) is 5.56 Å². The lowest BCUT2D eigenvalue weighted by Crippen LogP contribution is -1.99. The van der Waals surface area contributed by atoms with E-state index in [9.17, 15) is 10.1 Å². The average molecular weight is 229 g/mol. The minimum atomic E-state index is -0.403. The summed E-state index contributed by atoms with van der Waals surface area (Å²) in [7, 11) is 0. The lowest BCUT2D eigenvalue weighted by atomic mass is 10.2. The third-order valence-electron chi connectivity index (χ3n) is 2.32. The number of hydrogen-bond acceptors (Lipinski definition) is 4. The molecule has 0 bridgehead atoms. The Morgan fingerprint density at radius 1 is 1.12 bits per heavy atom. The van der Waals surface area contributed by atoms with Crippen molar-refractivity contribution in [3.8, 4) is 0 Å². The standard InChI is InChI=1S/C12H11N3O2/c16-15(17)12-3-1-10(2-4-12)9-14-11-5-7-13-8-6-11/h1-8H,9H2,(H,13,14). The summed E-state index contributed by atoms with van der Waals surface area (Å²) in [5, 5.41) is 13.7. The third-order valence-corrected chi connectivity index (χ3v) is 2.32. The van der Waals surface area contributed by atoms with Crippen molar-refractivity contribution in [3.05, 3.63) is 64.5 Å². The van der Waals surface area contributed by atoms with Gasteiger partial charge in [0.05, 0.1) is 4.92 Å². The van der Waals surface area contributed by atoms with Crippen LogP contribution in [0.4, 0.5) is 11.4 Å². The first-order valence-corrected chi connectivity index (χ1v) is 5.13. The van der Waals surface area contributed by atoms with Gasteiger partial charge in [-0.2, -0.15) is 0 Å². The maximum atomic E-state index is 10.5. The summed E-state index contributed by atoms with van der Waals surface area (Å²) in [4.78, 5) is 14.0. The minimum absolute atomic E-state index is 0.109. The zero-order valence-electron chi connectivity index (χ0n) is 9.04. The van der Waals surface area contributed by atoms with Crippen LogP contribution in [0.2, 0.25) is 0 Å². The van der Waals surface area contributed by atoms with Crippen molar-refractivity contribution >= 4 is 11.4 Å². The second-order valence-electron chi connectivity index (χ2n) is 3.51. The van der Waals surface area contributed by atoms with Crippen LogP contribution in [0, 0.1) is 10.1 Å². The molecule has 1 heterocycles. The van der Waals surface area contributed by atoms with Gasteiger partial charge in [-0.3, -0.25) is 15.1 Å². The van der Waals surface area contributed by atoms with Gasteiger partial charge in [0.1, 0.15) is 0 Å². The molecule has 0 aliphatic heterocycles. The molecule has 0 saturated carbocycles. The first-order chi connectivity index (χ1) is 8.25. The summed E-state index contributed by atoms with van der Waals surface area (Å²) in [5.74, 6) is 0. The first kappa shape index (κ1) is 11.1. The van der Waals surface area contributed by atoms with E-state index in [0.717, 1.165) is 11.3 Å². The Balaban J connectivity index is 1.98. The fourth-order valence-electron chi connectivity index (χ4n) is 1.41. The number of nitrogens with zero attached hydrogens (tertiary/aromatic N) is 2. The van der Waals surface area contributed by atoms with Gasteiger partial charge in [0.15, 0.2) is 0 Å². The molecule has 0 aliphatic rings. The molecule has 17 heavy (non-hydrogen) atoms. The van der Waals surface area contributed by atoms with Gasteiger partial charge >= 0.3 is 0 Å². The van der Waals surface area contributed by atoms with E-state index in [1.165, 1.54) is 12.1 Å². The van der Waals surface area contributed by atoms with Crippen molar-refractivity contribution in [3.63, 3.8) is 0 Å².